The molecule has 0 aliphatic heterocycles. The Morgan fingerprint density at radius 1 is 1.60 bits per heavy atom. The predicted molar refractivity (Wildman–Crippen MR) is 55.7 cm³/mol. The highest BCUT2D eigenvalue weighted by atomic mass is 19.1. The van der Waals surface area contributed by atoms with Gasteiger partial charge >= 0.3 is 5.97 Å². The van der Waals surface area contributed by atoms with E-state index >= 15 is 0 Å². The molecule has 0 N–H and O–H groups in total. The van der Waals surface area contributed by atoms with Crippen LogP contribution in [0.25, 0.3) is 0 Å². The Hall–Kier alpha value is -1.64. The number of benzene rings is 1. The van der Waals surface area contributed by atoms with E-state index in [-0.39, 0.29) is 24.8 Å². The summed E-state index contributed by atoms with van der Waals surface area (Å²) in [6.45, 7) is 5.39. The van der Waals surface area contributed by atoms with Crippen molar-refractivity contribution in [2.24, 2.45) is 0 Å². The molecule has 0 unspecified atom stereocenters. The number of aryl methyl sites for hydroxylation is 1. The first-order chi connectivity index (χ1) is 7.13. The van der Waals surface area contributed by atoms with Crippen molar-refractivity contribution in [2.45, 2.75) is 20.0 Å². The van der Waals surface area contributed by atoms with E-state index in [4.69, 9.17) is 4.74 Å². The van der Waals surface area contributed by atoms with Gasteiger partial charge in [0.05, 0.1) is 6.42 Å². The molecule has 0 aromatic heterocycles. The second-order valence-corrected chi connectivity index (χ2v) is 3.22. The summed E-state index contributed by atoms with van der Waals surface area (Å²) >= 11 is 0. The van der Waals surface area contributed by atoms with Crippen molar-refractivity contribution in [3.8, 4) is 0 Å². The molecule has 0 spiro atoms. The van der Waals surface area contributed by atoms with Crippen molar-refractivity contribution < 1.29 is 13.9 Å². The third-order valence-corrected chi connectivity index (χ3v) is 2.00. The Balaban J connectivity index is 2.57. The normalized spacial score (nSPS) is 9.73. The van der Waals surface area contributed by atoms with Crippen LogP contribution < -0.4 is 0 Å². The van der Waals surface area contributed by atoms with E-state index in [1.54, 1.807) is 13.0 Å². The first kappa shape index (κ1) is 11.4. The molecule has 1 rings (SSSR count). The second kappa shape index (κ2) is 5.29. The Bertz CT molecular complexity index is 372. The lowest BCUT2D eigenvalue weighted by Gasteiger charge is -2.06. The van der Waals surface area contributed by atoms with Crippen LogP contribution in [0.15, 0.2) is 30.9 Å². The summed E-state index contributed by atoms with van der Waals surface area (Å²) in [6.07, 6.45) is 1.68. The SMILES string of the molecule is C=CCC(=O)OCc1ccc(F)cc1C. The van der Waals surface area contributed by atoms with Crippen LogP contribution in [0.2, 0.25) is 0 Å². The maximum absolute atomic E-state index is 12.7. The third-order valence-electron chi connectivity index (χ3n) is 2.00. The summed E-state index contributed by atoms with van der Waals surface area (Å²) in [6, 6.07) is 4.38. The monoisotopic (exact) mass is 208 g/mol. The molecule has 0 saturated carbocycles. The van der Waals surface area contributed by atoms with E-state index in [9.17, 15) is 9.18 Å². The average Bonchev–Trinajstić information content (AvgIpc) is 2.17. The van der Waals surface area contributed by atoms with Crippen molar-refractivity contribution >= 4 is 5.97 Å². The van der Waals surface area contributed by atoms with Gasteiger partial charge in [0.1, 0.15) is 12.4 Å². The van der Waals surface area contributed by atoms with E-state index in [2.05, 4.69) is 6.58 Å². The zero-order chi connectivity index (χ0) is 11.3. The van der Waals surface area contributed by atoms with Gasteiger partial charge in [-0.3, -0.25) is 4.79 Å². The maximum Gasteiger partial charge on any atom is 0.309 e. The Morgan fingerprint density at radius 2 is 2.33 bits per heavy atom. The Morgan fingerprint density at radius 3 is 2.93 bits per heavy atom. The van der Waals surface area contributed by atoms with Crippen LogP contribution in [-0.2, 0) is 16.1 Å². The van der Waals surface area contributed by atoms with E-state index in [1.807, 2.05) is 0 Å². The number of ether oxygens (including phenoxy) is 1. The summed E-state index contributed by atoms with van der Waals surface area (Å²) in [7, 11) is 0. The molecule has 1 aromatic rings. The fraction of sp³-hybridized carbons (Fsp3) is 0.250. The van der Waals surface area contributed by atoms with Gasteiger partial charge in [0, 0.05) is 0 Å². The molecule has 3 heteroatoms. The number of hydrogen-bond acceptors (Lipinski definition) is 2. The quantitative estimate of drug-likeness (QED) is 0.561. The highest BCUT2D eigenvalue weighted by Gasteiger charge is 2.03. The highest BCUT2D eigenvalue weighted by Crippen LogP contribution is 2.11. The Labute approximate surface area is 88.4 Å². The summed E-state index contributed by atoms with van der Waals surface area (Å²) in [4.78, 5) is 11.0. The molecule has 0 heterocycles. The maximum atomic E-state index is 12.7. The largest absolute Gasteiger partial charge is 0.461 e. The molecular formula is C12H13FO2. The predicted octanol–water partition coefficient (Wildman–Crippen LogP) is 2.75. The van der Waals surface area contributed by atoms with Crippen molar-refractivity contribution in [1.82, 2.24) is 0 Å². The summed E-state index contributed by atoms with van der Waals surface area (Å²) in [5.74, 6) is -0.609. The number of esters is 1. The van der Waals surface area contributed by atoms with Crippen molar-refractivity contribution in [1.29, 1.82) is 0 Å². The van der Waals surface area contributed by atoms with Gasteiger partial charge in [-0.2, -0.15) is 0 Å². The average molecular weight is 208 g/mol. The molecule has 0 amide bonds. The third kappa shape index (κ3) is 3.54. The van der Waals surface area contributed by atoms with E-state index in [0.29, 0.717) is 0 Å². The van der Waals surface area contributed by atoms with E-state index in [0.717, 1.165) is 11.1 Å². The second-order valence-electron chi connectivity index (χ2n) is 3.22. The molecule has 80 valence electrons. The van der Waals surface area contributed by atoms with Crippen LogP contribution >= 0.6 is 0 Å². The van der Waals surface area contributed by atoms with Crippen LogP contribution in [0.4, 0.5) is 4.39 Å². The van der Waals surface area contributed by atoms with Crippen LogP contribution in [-0.4, -0.2) is 5.97 Å². The first-order valence-electron chi connectivity index (χ1n) is 4.65. The topological polar surface area (TPSA) is 26.3 Å². The van der Waals surface area contributed by atoms with Crippen molar-refractivity contribution in [3.05, 3.63) is 47.8 Å². The number of rotatable bonds is 4. The molecule has 15 heavy (non-hydrogen) atoms. The van der Waals surface area contributed by atoms with Crippen LogP contribution in [0, 0.1) is 12.7 Å². The van der Waals surface area contributed by atoms with E-state index < -0.39 is 0 Å². The molecule has 1 aromatic carbocycles. The van der Waals surface area contributed by atoms with Gasteiger partial charge in [0.25, 0.3) is 0 Å². The van der Waals surface area contributed by atoms with Crippen molar-refractivity contribution in [2.75, 3.05) is 0 Å². The molecule has 2 nitrogen and oxygen atoms in total. The Kier molecular flexibility index (Phi) is 4.03. The fourth-order valence-electron chi connectivity index (χ4n) is 1.16. The van der Waals surface area contributed by atoms with E-state index in [1.165, 1.54) is 18.2 Å². The van der Waals surface area contributed by atoms with Gasteiger partial charge in [-0.25, -0.2) is 4.39 Å². The molecule has 0 aliphatic carbocycles. The molecule has 0 fully saturated rings. The van der Waals surface area contributed by atoms with Crippen LogP contribution in [0.1, 0.15) is 17.5 Å². The molecule has 0 radical (unpaired) electrons. The molecule has 0 saturated heterocycles. The van der Waals surface area contributed by atoms with Gasteiger partial charge in [-0.15, -0.1) is 6.58 Å². The minimum absolute atomic E-state index is 0.179. The zero-order valence-electron chi connectivity index (χ0n) is 8.63. The summed E-state index contributed by atoms with van der Waals surface area (Å²) in [5.41, 5.74) is 1.59. The number of carbonyl (C=O) groups is 1. The number of halogens is 1. The van der Waals surface area contributed by atoms with Gasteiger partial charge in [-0.1, -0.05) is 12.1 Å². The minimum Gasteiger partial charge on any atom is -0.461 e. The zero-order valence-corrected chi connectivity index (χ0v) is 8.63. The van der Waals surface area contributed by atoms with Crippen LogP contribution in [0.5, 0.6) is 0 Å². The number of carbonyl (C=O) groups excluding carboxylic acids is 1. The first-order valence-corrected chi connectivity index (χ1v) is 4.65. The summed E-state index contributed by atoms with van der Waals surface area (Å²) < 4.78 is 17.7. The fourth-order valence-corrected chi connectivity index (χ4v) is 1.16. The smallest absolute Gasteiger partial charge is 0.309 e. The van der Waals surface area contributed by atoms with Gasteiger partial charge in [0.2, 0.25) is 0 Å². The lowest BCUT2D eigenvalue weighted by molar-refractivity contribution is -0.143. The van der Waals surface area contributed by atoms with Crippen LogP contribution in [0.3, 0.4) is 0 Å². The lowest BCUT2D eigenvalue weighted by atomic mass is 10.1. The highest BCUT2D eigenvalue weighted by molar-refractivity contribution is 5.71. The van der Waals surface area contributed by atoms with Gasteiger partial charge in [0.15, 0.2) is 0 Å². The number of hydrogen-bond donors (Lipinski definition) is 0. The molecular weight excluding hydrogens is 195 g/mol. The van der Waals surface area contributed by atoms with Crippen molar-refractivity contribution in [3.63, 3.8) is 0 Å². The van der Waals surface area contributed by atoms with Gasteiger partial charge < -0.3 is 4.74 Å². The molecule has 0 bridgehead atoms. The lowest BCUT2D eigenvalue weighted by Crippen LogP contribution is -2.04. The summed E-state index contributed by atoms with van der Waals surface area (Å²) in [5, 5.41) is 0. The minimum atomic E-state index is -0.325. The van der Waals surface area contributed by atoms with Gasteiger partial charge in [-0.05, 0) is 30.2 Å². The molecule has 0 aliphatic rings. The molecule has 0 atom stereocenters. The standard InChI is InChI=1S/C12H13FO2/c1-3-4-12(14)15-8-10-5-6-11(13)7-9(10)2/h3,5-7H,1,4,8H2,2H3.